The van der Waals surface area contributed by atoms with Gasteiger partial charge in [-0.1, -0.05) is 30.3 Å². The summed E-state index contributed by atoms with van der Waals surface area (Å²) in [6.45, 7) is 1.69. The highest BCUT2D eigenvalue weighted by Crippen LogP contribution is 2.25. The zero-order valence-corrected chi connectivity index (χ0v) is 15.5. The first kappa shape index (κ1) is 18.5. The van der Waals surface area contributed by atoms with E-state index in [0.29, 0.717) is 22.5 Å². The molecule has 6 heteroatoms. The molecule has 0 aliphatic carbocycles. The minimum Gasteiger partial charge on any atom is -0.345 e. The van der Waals surface area contributed by atoms with Gasteiger partial charge in [-0.15, -0.1) is 0 Å². The van der Waals surface area contributed by atoms with Crippen LogP contribution in [0.1, 0.15) is 22.8 Å². The Bertz CT molecular complexity index is 919. The molecule has 1 aliphatic rings. The van der Waals surface area contributed by atoms with Crippen molar-refractivity contribution in [3.63, 3.8) is 0 Å². The van der Waals surface area contributed by atoms with Gasteiger partial charge < -0.3 is 4.90 Å². The van der Waals surface area contributed by atoms with Crippen LogP contribution in [0, 0.1) is 5.92 Å². The van der Waals surface area contributed by atoms with Crippen LogP contribution in [0.15, 0.2) is 59.7 Å². The van der Waals surface area contributed by atoms with Crippen LogP contribution in [0.5, 0.6) is 0 Å². The van der Waals surface area contributed by atoms with E-state index in [1.807, 2.05) is 18.2 Å². The number of para-hydroxylation sites is 1. The monoisotopic (exact) mass is 363 g/mol. The third kappa shape index (κ3) is 3.79. The topological polar surface area (TPSA) is 70.0 Å². The summed E-state index contributed by atoms with van der Waals surface area (Å²) in [7, 11) is 3.35. The number of carbonyl (C=O) groups excluding carboxylic acids is 3. The average molecular weight is 363 g/mol. The molecule has 1 unspecified atom stereocenters. The number of anilines is 1. The Balaban J connectivity index is 1.77. The van der Waals surface area contributed by atoms with Gasteiger partial charge in [0.25, 0.3) is 11.8 Å². The standard InChI is InChI=1S/C21H21N3O3/c1-14-19(21(27)24(22-14)17-10-5-4-6-11-17)18(25)13-15-8-7-9-16(12-15)20(26)23(2)3/h4-12,19H,13H2,1-3H3. The van der Waals surface area contributed by atoms with Crippen LogP contribution < -0.4 is 5.01 Å². The zero-order chi connectivity index (χ0) is 19.6. The van der Waals surface area contributed by atoms with Crippen LogP contribution in [-0.2, 0) is 16.0 Å². The fraction of sp³-hybridized carbons (Fsp3) is 0.238. The van der Waals surface area contributed by atoms with E-state index in [1.54, 1.807) is 57.4 Å². The molecule has 0 radical (unpaired) electrons. The Labute approximate surface area is 158 Å². The molecule has 2 aromatic rings. The highest BCUT2D eigenvalue weighted by molar-refractivity contribution is 6.27. The van der Waals surface area contributed by atoms with Crippen LogP contribution in [-0.4, -0.2) is 42.3 Å². The molecule has 1 heterocycles. The van der Waals surface area contributed by atoms with E-state index >= 15 is 0 Å². The molecule has 3 rings (SSSR count). The second-order valence-electron chi connectivity index (χ2n) is 6.70. The summed E-state index contributed by atoms with van der Waals surface area (Å²) in [4.78, 5) is 39.1. The lowest BCUT2D eigenvalue weighted by molar-refractivity contribution is -0.128. The highest BCUT2D eigenvalue weighted by Gasteiger charge is 2.39. The minimum atomic E-state index is -0.890. The van der Waals surface area contributed by atoms with Gasteiger partial charge in [0, 0.05) is 26.1 Å². The van der Waals surface area contributed by atoms with Gasteiger partial charge in [-0.3, -0.25) is 14.4 Å². The second-order valence-corrected chi connectivity index (χ2v) is 6.70. The lowest BCUT2D eigenvalue weighted by Crippen LogP contribution is -2.33. The fourth-order valence-electron chi connectivity index (χ4n) is 3.07. The predicted molar refractivity (Wildman–Crippen MR) is 104 cm³/mol. The highest BCUT2D eigenvalue weighted by atomic mass is 16.2. The molecule has 0 fully saturated rings. The number of carbonyl (C=O) groups is 3. The number of nitrogens with zero attached hydrogens (tertiary/aromatic N) is 3. The number of ketones is 1. The number of rotatable bonds is 5. The van der Waals surface area contributed by atoms with Gasteiger partial charge in [-0.2, -0.15) is 10.1 Å². The summed E-state index contributed by atoms with van der Waals surface area (Å²) in [5.74, 6) is -1.59. The molecule has 27 heavy (non-hydrogen) atoms. The molecule has 0 spiro atoms. The number of hydrazone groups is 1. The average Bonchev–Trinajstić information content (AvgIpc) is 2.96. The molecule has 2 aromatic carbocycles. The van der Waals surface area contributed by atoms with Crippen molar-refractivity contribution in [3.05, 3.63) is 65.7 Å². The summed E-state index contributed by atoms with van der Waals surface area (Å²) in [6, 6.07) is 16.0. The molecule has 2 amide bonds. The zero-order valence-electron chi connectivity index (χ0n) is 15.5. The molecule has 1 aliphatic heterocycles. The van der Waals surface area contributed by atoms with Crippen molar-refractivity contribution < 1.29 is 14.4 Å². The lowest BCUT2D eigenvalue weighted by atomic mass is 9.93. The number of hydrogen-bond acceptors (Lipinski definition) is 4. The largest absolute Gasteiger partial charge is 0.345 e. The van der Waals surface area contributed by atoms with Crippen molar-refractivity contribution in [2.75, 3.05) is 19.1 Å². The molecule has 0 bridgehead atoms. The molecular weight excluding hydrogens is 342 g/mol. The van der Waals surface area contributed by atoms with E-state index in [0.717, 1.165) is 0 Å². The third-order valence-electron chi connectivity index (χ3n) is 4.41. The predicted octanol–water partition coefficient (Wildman–Crippen LogP) is 2.54. The SMILES string of the molecule is CC1=NN(c2ccccc2)C(=O)C1C(=O)Cc1cccc(C(=O)N(C)C)c1. The van der Waals surface area contributed by atoms with Crippen molar-refractivity contribution in [2.24, 2.45) is 11.0 Å². The van der Waals surface area contributed by atoms with Gasteiger partial charge in [0.05, 0.1) is 11.4 Å². The summed E-state index contributed by atoms with van der Waals surface area (Å²) in [5, 5.41) is 5.55. The summed E-state index contributed by atoms with van der Waals surface area (Å²) in [6.07, 6.45) is 0.0699. The van der Waals surface area contributed by atoms with E-state index in [1.165, 1.54) is 9.91 Å². The van der Waals surface area contributed by atoms with Gasteiger partial charge in [0.2, 0.25) is 0 Å². The molecule has 6 nitrogen and oxygen atoms in total. The van der Waals surface area contributed by atoms with Crippen molar-refractivity contribution in [3.8, 4) is 0 Å². The van der Waals surface area contributed by atoms with Crippen molar-refractivity contribution in [1.29, 1.82) is 0 Å². The molecule has 0 saturated carbocycles. The van der Waals surface area contributed by atoms with E-state index in [9.17, 15) is 14.4 Å². The normalized spacial score (nSPS) is 16.3. The number of benzene rings is 2. The smallest absolute Gasteiger partial charge is 0.263 e. The molecule has 0 N–H and O–H groups in total. The summed E-state index contributed by atoms with van der Waals surface area (Å²) in [5.41, 5.74) is 2.33. The Morgan fingerprint density at radius 1 is 1.07 bits per heavy atom. The van der Waals surface area contributed by atoms with Crippen LogP contribution in [0.4, 0.5) is 5.69 Å². The quantitative estimate of drug-likeness (QED) is 0.767. The summed E-state index contributed by atoms with van der Waals surface area (Å²) >= 11 is 0. The molecule has 0 aromatic heterocycles. The summed E-state index contributed by atoms with van der Waals surface area (Å²) < 4.78 is 0. The molecule has 138 valence electrons. The maximum absolute atomic E-state index is 12.8. The van der Waals surface area contributed by atoms with Gasteiger partial charge in [-0.25, -0.2) is 0 Å². The van der Waals surface area contributed by atoms with E-state index < -0.39 is 5.92 Å². The molecular formula is C21H21N3O3. The van der Waals surface area contributed by atoms with Crippen LogP contribution in [0.3, 0.4) is 0 Å². The molecule has 1 atom stereocenters. The van der Waals surface area contributed by atoms with Gasteiger partial charge in [0.15, 0.2) is 5.78 Å². The first-order valence-electron chi connectivity index (χ1n) is 8.66. The Hall–Kier alpha value is -3.28. The van der Waals surface area contributed by atoms with Crippen LogP contribution in [0.2, 0.25) is 0 Å². The Morgan fingerprint density at radius 3 is 2.44 bits per heavy atom. The van der Waals surface area contributed by atoms with Gasteiger partial charge in [0.1, 0.15) is 5.92 Å². The van der Waals surface area contributed by atoms with Crippen molar-refractivity contribution in [2.45, 2.75) is 13.3 Å². The Morgan fingerprint density at radius 2 is 1.78 bits per heavy atom. The fourth-order valence-corrected chi connectivity index (χ4v) is 3.07. The van der Waals surface area contributed by atoms with E-state index in [4.69, 9.17) is 0 Å². The van der Waals surface area contributed by atoms with Gasteiger partial charge >= 0.3 is 0 Å². The second kappa shape index (κ2) is 7.53. The maximum atomic E-state index is 12.8. The van der Waals surface area contributed by atoms with Crippen LogP contribution in [0.25, 0.3) is 0 Å². The van der Waals surface area contributed by atoms with Gasteiger partial charge in [-0.05, 0) is 36.8 Å². The lowest BCUT2D eigenvalue weighted by Gasteiger charge is -2.14. The van der Waals surface area contributed by atoms with E-state index in [-0.39, 0.29) is 24.0 Å². The molecule has 0 saturated heterocycles. The van der Waals surface area contributed by atoms with Crippen molar-refractivity contribution in [1.82, 2.24) is 4.90 Å². The number of Topliss-reactive ketones (excluding diaryl/α,β-unsaturated/α-hetero) is 1. The van der Waals surface area contributed by atoms with E-state index in [2.05, 4.69) is 5.10 Å². The third-order valence-corrected chi connectivity index (χ3v) is 4.41. The first-order chi connectivity index (χ1) is 12.9. The minimum absolute atomic E-state index is 0.0699. The number of hydrogen-bond donors (Lipinski definition) is 0. The van der Waals surface area contributed by atoms with Crippen molar-refractivity contribution >= 4 is 29.0 Å². The van der Waals surface area contributed by atoms with Crippen LogP contribution >= 0.6 is 0 Å². The first-order valence-corrected chi connectivity index (χ1v) is 8.66. The Kier molecular flexibility index (Phi) is 5.16. The number of amides is 2. The maximum Gasteiger partial charge on any atom is 0.263 e.